The first kappa shape index (κ1) is 12.7. The van der Waals surface area contributed by atoms with E-state index >= 15 is 0 Å². The standard InChI is InChI=1S/C13H17NO4/c1-2-17-13(16)14-8-11(15)9-3-4-12-10(7-9)5-6-18-12/h3-4,7,11,15H,2,5-6,8H2,1H3,(H,14,16)/t11-/m1/s1. The zero-order chi connectivity index (χ0) is 13.0. The van der Waals surface area contributed by atoms with Crippen LogP contribution in [0.25, 0.3) is 0 Å². The Morgan fingerprint density at radius 2 is 2.44 bits per heavy atom. The lowest BCUT2D eigenvalue weighted by molar-refractivity contribution is 0.135. The van der Waals surface area contributed by atoms with Gasteiger partial charge in [-0.3, -0.25) is 0 Å². The van der Waals surface area contributed by atoms with Crippen molar-refractivity contribution in [3.05, 3.63) is 29.3 Å². The highest BCUT2D eigenvalue weighted by atomic mass is 16.5. The van der Waals surface area contributed by atoms with Crippen molar-refractivity contribution in [1.29, 1.82) is 0 Å². The van der Waals surface area contributed by atoms with Crippen LogP contribution >= 0.6 is 0 Å². The smallest absolute Gasteiger partial charge is 0.407 e. The molecule has 5 heteroatoms. The number of benzene rings is 1. The number of amides is 1. The van der Waals surface area contributed by atoms with Gasteiger partial charge in [-0.2, -0.15) is 0 Å². The van der Waals surface area contributed by atoms with E-state index in [-0.39, 0.29) is 6.54 Å². The molecule has 1 aromatic rings. The summed E-state index contributed by atoms with van der Waals surface area (Å²) in [5.41, 5.74) is 1.87. The van der Waals surface area contributed by atoms with Crippen molar-refractivity contribution in [3.8, 4) is 5.75 Å². The van der Waals surface area contributed by atoms with Gasteiger partial charge in [0, 0.05) is 6.42 Å². The Morgan fingerprint density at radius 1 is 1.61 bits per heavy atom. The minimum atomic E-state index is -0.736. The largest absolute Gasteiger partial charge is 0.493 e. The summed E-state index contributed by atoms with van der Waals surface area (Å²) in [6, 6.07) is 5.58. The molecule has 1 amide bonds. The topological polar surface area (TPSA) is 67.8 Å². The van der Waals surface area contributed by atoms with Gasteiger partial charge < -0.3 is 19.9 Å². The van der Waals surface area contributed by atoms with Crippen molar-refractivity contribution < 1.29 is 19.4 Å². The van der Waals surface area contributed by atoms with Crippen LogP contribution < -0.4 is 10.1 Å². The summed E-state index contributed by atoms with van der Waals surface area (Å²) in [5.74, 6) is 0.879. The number of carbonyl (C=O) groups excluding carboxylic acids is 1. The second-order valence-electron chi connectivity index (χ2n) is 4.08. The molecule has 1 heterocycles. The summed E-state index contributed by atoms with van der Waals surface area (Å²) in [4.78, 5) is 11.1. The number of alkyl carbamates (subject to hydrolysis) is 1. The quantitative estimate of drug-likeness (QED) is 0.848. The molecule has 0 aromatic heterocycles. The van der Waals surface area contributed by atoms with E-state index in [0.29, 0.717) is 13.2 Å². The molecule has 5 nitrogen and oxygen atoms in total. The summed E-state index contributed by atoms with van der Waals surface area (Å²) >= 11 is 0. The number of nitrogens with one attached hydrogen (secondary N) is 1. The zero-order valence-electron chi connectivity index (χ0n) is 10.3. The number of fused-ring (bicyclic) bond motifs is 1. The Kier molecular flexibility index (Phi) is 4.04. The molecular formula is C13H17NO4. The Balaban J connectivity index is 1.92. The van der Waals surface area contributed by atoms with Crippen LogP contribution in [0.3, 0.4) is 0 Å². The highest BCUT2D eigenvalue weighted by Crippen LogP contribution is 2.27. The van der Waals surface area contributed by atoms with Crippen molar-refractivity contribution in [2.45, 2.75) is 19.4 Å². The summed E-state index contributed by atoms with van der Waals surface area (Å²) in [7, 11) is 0. The fraction of sp³-hybridized carbons (Fsp3) is 0.462. The molecule has 1 aliphatic heterocycles. The highest BCUT2D eigenvalue weighted by molar-refractivity contribution is 5.67. The first-order valence-electron chi connectivity index (χ1n) is 6.05. The fourth-order valence-corrected chi connectivity index (χ4v) is 1.89. The average Bonchev–Trinajstić information content (AvgIpc) is 2.83. The van der Waals surface area contributed by atoms with Crippen LogP contribution in [0.4, 0.5) is 4.79 Å². The van der Waals surface area contributed by atoms with Crippen molar-refractivity contribution in [1.82, 2.24) is 5.32 Å². The van der Waals surface area contributed by atoms with Crippen LogP contribution in [-0.4, -0.2) is 31.0 Å². The summed E-state index contributed by atoms with van der Waals surface area (Å²) in [6.07, 6.45) is -0.386. The van der Waals surface area contributed by atoms with Gasteiger partial charge >= 0.3 is 6.09 Å². The Labute approximate surface area is 106 Å². The van der Waals surface area contributed by atoms with E-state index in [4.69, 9.17) is 9.47 Å². The Bertz CT molecular complexity index is 433. The zero-order valence-corrected chi connectivity index (χ0v) is 10.3. The van der Waals surface area contributed by atoms with Crippen molar-refractivity contribution in [3.63, 3.8) is 0 Å². The average molecular weight is 251 g/mol. The van der Waals surface area contributed by atoms with Crippen LogP contribution in [0.5, 0.6) is 5.75 Å². The maximum absolute atomic E-state index is 11.1. The number of aliphatic hydroxyl groups is 1. The monoisotopic (exact) mass is 251 g/mol. The van der Waals surface area contributed by atoms with Crippen LogP contribution in [0.15, 0.2) is 18.2 Å². The van der Waals surface area contributed by atoms with Crippen LogP contribution in [0.2, 0.25) is 0 Å². The molecule has 98 valence electrons. The summed E-state index contributed by atoms with van der Waals surface area (Å²) < 4.78 is 10.1. The molecule has 1 aliphatic rings. The number of ether oxygens (including phenoxy) is 2. The third-order valence-corrected chi connectivity index (χ3v) is 2.81. The molecule has 0 radical (unpaired) electrons. The van der Waals surface area contributed by atoms with Crippen LogP contribution in [0, 0.1) is 0 Å². The van der Waals surface area contributed by atoms with Crippen molar-refractivity contribution >= 4 is 6.09 Å². The van der Waals surface area contributed by atoms with Gasteiger partial charge in [0.2, 0.25) is 0 Å². The van der Waals surface area contributed by atoms with Crippen molar-refractivity contribution in [2.75, 3.05) is 19.8 Å². The van der Waals surface area contributed by atoms with E-state index in [2.05, 4.69) is 5.32 Å². The number of hydrogen-bond acceptors (Lipinski definition) is 4. The lowest BCUT2D eigenvalue weighted by Gasteiger charge is -2.13. The molecule has 0 spiro atoms. The maximum Gasteiger partial charge on any atom is 0.407 e. The molecule has 0 fully saturated rings. The number of rotatable bonds is 4. The molecule has 1 atom stereocenters. The normalized spacial score (nSPS) is 14.6. The molecular weight excluding hydrogens is 234 g/mol. The van der Waals surface area contributed by atoms with E-state index in [1.807, 2.05) is 18.2 Å². The van der Waals surface area contributed by atoms with Crippen LogP contribution in [-0.2, 0) is 11.2 Å². The first-order chi connectivity index (χ1) is 8.70. The van der Waals surface area contributed by atoms with E-state index in [1.165, 1.54) is 0 Å². The third-order valence-electron chi connectivity index (χ3n) is 2.81. The summed E-state index contributed by atoms with van der Waals surface area (Å²) in [5, 5.41) is 12.5. The van der Waals surface area contributed by atoms with Crippen LogP contribution in [0.1, 0.15) is 24.2 Å². The van der Waals surface area contributed by atoms with E-state index in [1.54, 1.807) is 6.92 Å². The number of carbonyl (C=O) groups is 1. The van der Waals surface area contributed by atoms with Gasteiger partial charge in [-0.15, -0.1) is 0 Å². The fourth-order valence-electron chi connectivity index (χ4n) is 1.89. The van der Waals surface area contributed by atoms with E-state index < -0.39 is 12.2 Å². The van der Waals surface area contributed by atoms with Gasteiger partial charge in [-0.25, -0.2) is 4.79 Å². The van der Waals surface area contributed by atoms with Gasteiger partial charge in [-0.05, 0) is 30.2 Å². The SMILES string of the molecule is CCOC(=O)NC[C@@H](O)c1ccc2c(c1)CCO2. The van der Waals surface area contributed by atoms with Gasteiger partial charge in [0.1, 0.15) is 5.75 Å². The third kappa shape index (κ3) is 2.92. The summed E-state index contributed by atoms with van der Waals surface area (Å²) in [6.45, 7) is 2.88. The van der Waals surface area contributed by atoms with Gasteiger partial charge in [0.15, 0.2) is 0 Å². The Morgan fingerprint density at radius 3 is 3.22 bits per heavy atom. The van der Waals surface area contributed by atoms with E-state index in [9.17, 15) is 9.90 Å². The number of hydrogen-bond donors (Lipinski definition) is 2. The predicted octanol–water partition coefficient (Wildman–Crippen LogP) is 1.40. The lowest BCUT2D eigenvalue weighted by Crippen LogP contribution is -2.28. The maximum atomic E-state index is 11.1. The van der Waals surface area contributed by atoms with E-state index in [0.717, 1.165) is 23.3 Å². The van der Waals surface area contributed by atoms with Crippen molar-refractivity contribution in [2.24, 2.45) is 0 Å². The molecule has 0 saturated heterocycles. The minimum absolute atomic E-state index is 0.137. The second kappa shape index (κ2) is 5.73. The molecule has 0 unspecified atom stereocenters. The van der Waals surface area contributed by atoms with Gasteiger partial charge in [-0.1, -0.05) is 6.07 Å². The minimum Gasteiger partial charge on any atom is -0.493 e. The Hall–Kier alpha value is -1.75. The number of aliphatic hydroxyl groups excluding tert-OH is 1. The molecule has 1 aromatic carbocycles. The lowest BCUT2D eigenvalue weighted by atomic mass is 10.0. The van der Waals surface area contributed by atoms with Gasteiger partial charge in [0.05, 0.1) is 25.9 Å². The molecule has 0 bridgehead atoms. The molecule has 2 N–H and O–H groups in total. The molecule has 18 heavy (non-hydrogen) atoms. The second-order valence-corrected chi connectivity index (χ2v) is 4.08. The highest BCUT2D eigenvalue weighted by Gasteiger charge is 2.16. The molecule has 0 saturated carbocycles. The predicted molar refractivity (Wildman–Crippen MR) is 65.6 cm³/mol. The van der Waals surface area contributed by atoms with Gasteiger partial charge in [0.25, 0.3) is 0 Å². The molecule has 2 rings (SSSR count). The first-order valence-corrected chi connectivity index (χ1v) is 6.05. The molecule has 0 aliphatic carbocycles.